The first-order valence-electron chi connectivity index (χ1n) is 6.29. The van der Waals surface area contributed by atoms with Gasteiger partial charge in [0.15, 0.2) is 0 Å². The zero-order chi connectivity index (χ0) is 12.1. The second-order valence-corrected chi connectivity index (χ2v) is 4.63. The maximum Gasteiger partial charge on any atom is 0.0853 e. The Morgan fingerprint density at radius 1 is 1.41 bits per heavy atom. The van der Waals surface area contributed by atoms with Crippen LogP contribution in [0.5, 0.6) is 0 Å². The number of aromatic nitrogens is 1. The summed E-state index contributed by atoms with van der Waals surface area (Å²) in [6, 6.07) is 3.94. The second-order valence-electron chi connectivity index (χ2n) is 4.63. The minimum absolute atomic E-state index is 0.00774. The highest BCUT2D eigenvalue weighted by Crippen LogP contribution is 2.13. The Morgan fingerprint density at radius 3 is 2.88 bits per heavy atom. The monoisotopic (exact) mass is 235 g/mol. The molecule has 1 aromatic heterocycles. The van der Waals surface area contributed by atoms with Crippen LogP contribution in [0.1, 0.15) is 18.5 Å². The Hall–Kier alpha value is -1.13. The molecule has 0 aliphatic carbocycles. The van der Waals surface area contributed by atoms with E-state index in [0.29, 0.717) is 0 Å². The summed E-state index contributed by atoms with van der Waals surface area (Å²) < 4.78 is 0. The van der Waals surface area contributed by atoms with Gasteiger partial charge in [-0.15, -0.1) is 0 Å². The maximum atomic E-state index is 9.06. The van der Waals surface area contributed by atoms with Gasteiger partial charge in [-0.1, -0.05) is 0 Å². The third kappa shape index (κ3) is 3.41. The fraction of sp³-hybridized carbons (Fsp3) is 0.615. The number of hydrogen-bond acceptors (Lipinski definition) is 4. The predicted octanol–water partition coefficient (Wildman–Crippen LogP) is 1.11. The topological polar surface area (TPSA) is 39.6 Å². The van der Waals surface area contributed by atoms with Crippen LogP contribution in [0.4, 0.5) is 5.69 Å². The van der Waals surface area contributed by atoms with Gasteiger partial charge in [-0.3, -0.25) is 4.98 Å². The van der Waals surface area contributed by atoms with E-state index in [2.05, 4.69) is 21.8 Å². The smallest absolute Gasteiger partial charge is 0.0853 e. The largest absolute Gasteiger partial charge is 0.390 e. The highest BCUT2D eigenvalue weighted by molar-refractivity contribution is 5.45. The Balaban J connectivity index is 1.87. The van der Waals surface area contributed by atoms with Crippen LogP contribution in [0.2, 0.25) is 0 Å². The summed E-state index contributed by atoms with van der Waals surface area (Å²) in [6.07, 6.45) is 4.44. The third-order valence-corrected chi connectivity index (χ3v) is 3.35. The lowest BCUT2D eigenvalue weighted by Gasteiger charge is -2.23. The molecule has 0 saturated carbocycles. The molecule has 0 bridgehead atoms. The Bertz CT molecular complexity index is 350. The van der Waals surface area contributed by atoms with Gasteiger partial charge in [-0.25, -0.2) is 0 Å². The SMILES string of the molecule is CN(CCN1CCCC1)c1ccnc(CO)c1. The molecule has 1 fully saturated rings. The molecule has 0 spiro atoms. The molecule has 0 unspecified atom stereocenters. The Morgan fingerprint density at radius 2 is 2.18 bits per heavy atom. The molecule has 1 aliphatic heterocycles. The average Bonchev–Trinajstić information content (AvgIpc) is 2.89. The highest BCUT2D eigenvalue weighted by atomic mass is 16.3. The first kappa shape index (κ1) is 12.3. The molecule has 1 N–H and O–H groups in total. The lowest BCUT2D eigenvalue weighted by molar-refractivity contribution is 0.277. The van der Waals surface area contributed by atoms with E-state index in [-0.39, 0.29) is 6.61 Å². The summed E-state index contributed by atoms with van der Waals surface area (Å²) in [4.78, 5) is 8.82. The predicted molar refractivity (Wildman–Crippen MR) is 69.1 cm³/mol. The number of anilines is 1. The number of nitrogens with zero attached hydrogens (tertiary/aromatic N) is 3. The molecule has 2 heterocycles. The summed E-state index contributed by atoms with van der Waals surface area (Å²) in [5.74, 6) is 0. The first-order chi connectivity index (χ1) is 8.29. The van der Waals surface area contributed by atoms with Gasteiger partial charge in [-0.2, -0.15) is 0 Å². The van der Waals surface area contributed by atoms with E-state index in [4.69, 9.17) is 5.11 Å². The van der Waals surface area contributed by atoms with Crippen molar-refractivity contribution in [1.82, 2.24) is 9.88 Å². The van der Waals surface area contributed by atoms with Crippen molar-refractivity contribution >= 4 is 5.69 Å². The van der Waals surface area contributed by atoms with Crippen molar-refractivity contribution in [3.8, 4) is 0 Å². The van der Waals surface area contributed by atoms with Crippen molar-refractivity contribution in [3.05, 3.63) is 24.0 Å². The van der Waals surface area contributed by atoms with Gasteiger partial charge in [0.1, 0.15) is 0 Å². The highest BCUT2D eigenvalue weighted by Gasteiger charge is 2.12. The molecule has 17 heavy (non-hydrogen) atoms. The number of aliphatic hydroxyl groups excluding tert-OH is 1. The fourth-order valence-electron chi connectivity index (χ4n) is 2.22. The van der Waals surface area contributed by atoms with E-state index in [0.717, 1.165) is 24.5 Å². The van der Waals surface area contributed by atoms with E-state index in [1.807, 2.05) is 12.1 Å². The lowest BCUT2D eigenvalue weighted by atomic mass is 10.3. The summed E-state index contributed by atoms with van der Waals surface area (Å²) >= 11 is 0. The summed E-state index contributed by atoms with van der Waals surface area (Å²) in [5, 5.41) is 9.06. The van der Waals surface area contributed by atoms with E-state index >= 15 is 0 Å². The van der Waals surface area contributed by atoms with Crippen molar-refractivity contribution in [1.29, 1.82) is 0 Å². The minimum atomic E-state index is 0.00774. The van der Waals surface area contributed by atoms with Gasteiger partial charge in [0.2, 0.25) is 0 Å². The van der Waals surface area contributed by atoms with Gasteiger partial charge in [0, 0.05) is 32.0 Å². The summed E-state index contributed by atoms with van der Waals surface area (Å²) in [6.45, 7) is 4.63. The van der Waals surface area contributed by atoms with Crippen molar-refractivity contribution < 1.29 is 5.11 Å². The molecular formula is C13H21N3O. The van der Waals surface area contributed by atoms with Crippen LogP contribution in [0.15, 0.2) is 18.3 Å². The van der Waals surface area contributed by atoms with Crippen LogP contribution >= 0.6 is 0 Å². The van der Waals surface area contributed by atoms with Crippen LogP contribution in [-0.4, -0.2) is 48.2 Å². The molecule has 4 heteroatoms. The van der Waals surface area contributed by atoms with Crippen LogP contribution in [-0.2, 0) is 6.61 Å². The van der Waals surface area contributed by atoms with Gasteiger partial charge in [-0.05, 0) is 38.1 Å². The molecule has 2 rings (SSSR count). The average molecular weight is 235 g/mol. The molecule has 94 valence electrons. The Kier molecular flexibility index (Phi) is 4.34. The Labute approximate surface area is 103 Å². The number of aliphatic hydroxyl groups is 1. The number of rotatable bonds is 5. The lowest BCUT2D eigenvalue weighted by Crippen LogP contribution is -2.31. The van der Waals surface area contributed by atoms with Crippen LogP contribution in [0, 0.1) is 0 Å². The molecule has 1 aromatic rings. The summed E-state index contributed by atoms with van der Waals surface area (Å²) in [7, 11) is 2.09. The molecule has 4 nitrogen and oxygen atoms in total. The standard InChI is InChI=1S/C13H21N3O/c1-15(8-9-16-6-2-3-7-16)13-4-5-14-12(10-13)11-17/h4-5,10,17H,2-3,6-9,11H2,1H3. The molecule has 0 atom stereocenters. The van der Waals surface area contributed by atoms with Gasteiger partial charge in [0.25, 0.3) is 0 Å². The van der Waals surface area contributed by atoms with Gasteiger partial charge in [0.05, 0.1) is 12.3 Å². The van der Waals surface area contributed by atoms with E-state index in [1.54, 1.807) is 6.20 Å². The third-order valence-electron chi connectivity index (χ3n) is 3.35. The van der Waals surface area contributed by atoms with E-state index in [1.165, 1.54) is 25.9 Å². The van der Waals surface area contributed by atoms with Crippen molar-refractivity contribution in [2.45, 2.75) is 19.4 Å². The summed E-state index contributed by atoms with van der Waals surface area (Å²) in [5.41, 5.74) is 1.86. The van der Waals surface area contributed by atoms with Crippen molar-refractivity contribution in [2.75, 3.05) is 38.1 Å². The minimum Gasteiger partial charge on any atom is -0.390 e. The normalized spacial score (nSPS) is 16.4. The molecule has 1 saturated heterocycles. The zero-order valence-electron chi connectivity index (χ0n) is 10.5. The van der Waals surface area contributed by atoms with Crippen LogP contribution in [0.25, 0.3) is 0 Å². The van der Waals surface area contributed by atoms with Crippen LogP contribution < -0.4 is 4.90 Å². The number of hydrogen-bond donors (Lipinski definition) is 1. The van der Waals surface area contributed by atoms with Crippen LogP contribution in [0.3, 0.4) is 0 Å². The van der Waals surface area contributed by atoms with Gasteiger partial charge < -0.3 is 14.9 Å². The second kappa shape index (κ2) is 5.98. The number of likely N-dealkylation sites (N-methyl/N-ethyl adjacent to an activating group) is 1. The fourth-order valence-corrected chi connectivity index (χ4v) is 2.22. The van der Waals surface area contributed by atoms with Crippen molar-refractivity contribution in [2.24, 2.45) is 0 Å². The van der Waals surface area contributed by atoms with Crippen molar-refractivity contribution in [3.63, 3.8) is 0 Å². The molecule has 0 aromatic carbocycles. The molecule has 1 aliphatic rings. The number of likely N-dealkylation sites (tertiary alicyclic amines) is 1. The van der Waals surface area contributed by atoms with Gasteiger partial charge >= 0.3 is 0 Å². The molecule has 0 amide bonds. The quantitative estimate of drug-likeness (QED) is 0.830. The first-order valence-corrected chi connectivity index (χ1v) is 6.29. The maximum absolute atomic E-state index is 9.06. The number of pyridine rings is 1. The molecular weight excluding hydrogens is 214 g/mol. The van der Waals surface area contributed by atoms with E-state index < -0.39 is 0 Å². The van der Waals surface area contributed by atoms with E-state index in [9.17, 15) is 0 Å². The molecule has 0 radical (unpaired) electrons. The zero-order valence-corrected chi connectivity index (χ0v) is 10.5.